The summed E-state index contributed by atoms with van der Waals surface area (Å²) in [5, 5.41) is 15.6. The highest BCUT2D eigenvalue weighted by molar-refractivity contribution is 5.95. The molecule has 0 saturated carbocycles. The van der Waals surface area contributed by atoms with Crippen LogP contribution in [0.1, 0.15) is 73.6 Å². The van der Waals surface area contributed by atoms with Crippen LogP contribution in [0.25, 0.3) is 0 Å². The second kappa shape index (κ2) is 11.1. The predicted molar refractivity (Wildman–Crippen MR) is 145 cm³/mol. The molecule has 6 rings (SSSR count). The maximum Gasteiger partial charge on any atom is 0.328 e. The summed E-state index contributed by atoms with van der Waals surface area (Å²) < 4.78 is 0. The number of carboxylic acids is 2. The molecule has 38 heavy (non-hydrogen) atoms. The first-order chi connectivity index (χ1) is 18.4. The summed E-state index contributed by atoms with van der Waals surface area (Å²) in [5.41, 5.74) is 5.86. The number of hydrogen-bond donors (Lipinski definition) is 2. The van der Waals surface area contributed by atoms with Crippen LogP contribution in [0.15, 0.2) is 60.7 Å². The van der Waals surface area contributed by atoms with Crippen LogP contribution in [0.2, 0.25) is 0 Å². The van der Waals surface area contributed by atoms with Crippen LogP contribution in [0.4, 0.5) is 5.69 Å². The van der Waals surface area contributed by atoms with Crippen molar-refractivity contribution in [3.63, 3.8) is 0 Å². The summed E-state index contributed by atoms with van der Waals surface area (Å²) in [6.45, 7) is 2.95. The zero-order chi connectivity index (χ0) is 26.7. The maximum atomic E-state index is 13.1. The molecule has 2 N–H and O–H groups in total. The number of anilines is 1. The number of benzene rings is 2. The molecule has 200 valence electrons. The number of piperidine rings is 1. The molecule has 2 atom stereocenters. The van der Waals surface area contributed by atoms with Gasteiger partial charge in [-0.2, -0.15) is 0 Å². The molecule has 1 spiro atoms. The van der Waals surface area contributed by atoms with Crippen LogP contribution in [0.3, 0.4) is 0 Å². The van der Waals surface area contributed by atoms with Gasteiger partial charge in [-0.3, -0.25) is 9.69 Å². The van der Waals surface area contributed by atoms with E-state index in [1.807, 2.05) is 0 Å². The van der Waals surface area contributed by atoms with Crippen LogP contribution >= 0.6 is 0 Å². The van der Waals surface area contributed by atoms with E-state index in [1.54, 1.807) is 16.7 Å². The van der Waals surface area contributed by atoms with E-state index >= 15 is 0 Å². The molecule has 0 radical (unpaired) electrons. The van der Waals surface area contributed by atoms with Gasteiger partial charge in [-0.05, 0) is 79.7 Å². The summed E-state index contributed by atoms with van der Waals surface area (Å²) in [5.74, 6) is -1.26. The number of rotatable bonds is 4. The van der Waals surface area contributed by atoms with Crippen LogP contribution in [0, 0.1) is 0 Å². The number of carbonyl (C=O) groups excluding carboxylic acids is 1. The van der Waals surface area contributed by atoms with E-state index in [-0.39, 0.29) is 5.54 Å². The minimum Gasteiger partial charge on any atom is -0.478 e. The average Bonchev–Trinajstić information content (AvgIpc) is 3.24. The number of aliphatic carboxylic acids is 2. The van der Waals surface area contributed by atoms with Crippen molar-refractivity contribution in [3.05, 3.63) is 77.4 Å². The Kier molecular flexibility index (Phi) is 7.65. The minimum atomic E-state index is -1.26. The fourth-order valence-electron chi connectivity index (χ4n) is 7.20. The van der Waals surface area contributed by atoms with Gasteiger partial charge in [0.15, 0.2) is 5.78 Å². The number of para-hydroxylation sites is 1. The van der Waals surface area contributed by atoms with E-state index in [2.05, 4.69) is 58.3 Å². The first-order valence-electron chi connectivity index (χ1n) is 13.7. The van der Waals surface area contributed by atoms with Gasteiger partial charge in [0.25, 0.3) is 0 Å². The van der Waals surface area contributed by atoms with Crippen LogP contribution in [-0.4, -0.2) is 58.0 Å². The highest BCUT2D eigenvalue weighted by atomic mass is 16.4. The van der Waals surface area contributed by atoms with Crippen LogP contribution in [0.5, 0.6) is 0 Å². The van der Waals surface area contributed by atoms with Gasteiger partial charge in [-0.1, -0.05) is 36.4 Å². The Morgan fingerprint density at radius 3 is 2.24 bits per heavy atom. The van der Waals surface area contributed by atoms with Gasteiger partial charge in [0.05, 0.1) is 0 Å². The molecule has 2 saturated heterocycles. The maximum absolute atomic E-state index is 13.1. The predicted octanol–water partition coefficient (Wildman–Crippen LogP) is 4.97. The van der Waals surface area contributed by atoms with Gasteiger partial charge in [0.1, 0.15) is 5.54 Å². The van der Waals surface area contributed by atoms with Gasteiger partial charge >= 0.3 is 11.9 Å². The summed E-state index contributed by atoms with van der Waals surface area (Å²) in [7, 11) is 0. The van der Waals surface area contributed by atoms with Crippen molar-refractivity contribution in [1.29, 1.82) is 0 Å². The van der Waals surface area contributed by atoms with E-state index < -0.39 is 11.9 Å². The molecule has 2 aromatic carbocycles. The molecule has 7 nitrogen and oxygen atoms in total. The third kappa shape index (κ3) is 5.12. The smallest absolute Gasteiger partial charge is 0.328 e. The van der Waals surface area contributed by atoms with E-state index in [9.17, 15) is 14.4 Å². The number of likely N-dealkylation sites (tertiary alicyclic amines) is 1. The van der Waals surface area contributed by atoms with Crippen molar-refractivity contribution in [2.24, 2.45) is 0 Å². The van der Waals surface area contributed by atoms with Gasteiger partial charge in [0.2, 0.25) is 0 Å². The molecule has 2 heterocycles. The number of carboxylic acid groups (broad SMARTS) is 2. The lowest BCUT2D eigenvalue weighted by atomic mass is 9.71. The fraction of sp³-hybridized carbons (Fsp3) is 0.452. The molecule has 2 unspecified atom stereocenters. The number of carbonyl (C=O) groups is 3. The molecule has 0 amide bonds. The second-order valence-corrected chi connectivity index (χ2v) is 10.8. The van der Waals surface area contributed by atoms with Crippen LogP contribution in [-0.2, 0) is 20.8 Å². The standard InChI is InChI=1S/C27H32N2O.C4H4O4/c30-25-14-17-29(22-9-2-1-3-10-22)27(25)15-18-28(19-16-27)24-13-12-21-7-4-6-20-8-5-11-23(24)26(20)21;5-3(6)1-2-4(7)8/h1-3,5,8-11,21,24H,4,6-7,12-19H2;1-2H,(H,5,6)(H,7,8)/b;2-1+. The number of ketones is 1. The molecule has 2 aromatic rings. The SMILES string of the molecule is O=C(O)/C=C/C(=O)O.O=C1CCN(c2ccccc2)C12CCN(C1CCC3CCCc4cccc1c43)CC2. The molecular formula is C31H36N2O5. The Morgan fingerprint density at radius 2 is 1.55 bits per heavy atom. The first-order valence-corrected chi connectivity index (χ1v) is 13.7. The molecule has 2 fully saturated rings. The molecule has 7 heteroatoms. The number of hydrogen-bond acceptors (Lipinski definition) is 5. The summed E-state index contributed by atoms with van der Waals surface area (Å²) >= 11 is 0. The number of Topliss-reactive ketones (excluding diaryl/α,β-unsaturated/α-hetero) is 1. The monoisotopic (exact) mass is 516 g/mol. The molecule has 2 aliphatic heterocycles. The van der Waals surface area contributed by atoms with E-state index in [0.717, 1.165) is 38.4 Å². The zero-order valence-electron chi connectivity index (χ0n) is 21.7. The fourth-order valence-corrected chi connectivity index (χ4v) is 7.20. The van der Waals surface area contributed by atoms with Crippen molar-refractivity contribution in [3.8, 4) is 0 Å². The van der Waals surface area contributed by atoms with Crippen molar-refractivity contribution in [1.82, 2.24) is 4.90 Å². The Hall–Kier alpha value is -3.45. The molecule has 0 bridgehead atoms. The topological polar surface area (TPSA) is 98.1 Å². The molecule has 2 aliphatic carbocycles. The number of nitrogens with zero attached hydrogens (tertiary/aromatic N) is 2. The highest BCUT2D eigenvalue weighted by Crippen LogP contribution is 2.48. The lowest BCUT2D eigenvalue weighted by molar-refractivity contribution is -0.134. The Morgan fingerprint density at radius 1 is 0.842 bits per heavy atom. The van der Waals surface area contributed by atoms with Crippen LogP contribution < -0.4 is 4.90 Å². The quantitative estimate of drug-likeness (QED) is 0.554. The largest absolute Gasteiger partial charge is 0.478 e. The third-order valence-corrected chi connectivity index (χ3v) is 8.89. The average molecular weight is 517 g/mol. The lowest BCUT2D eigenvalue weighted by Gasteiger charge is -2.48. The Bertz CT molecular complexity index is 1200. The minimum absolute atomic E-state index is 0.273. The molecule has 0 aromatic heterocycles. The summed E-state index contributed by atoms with van der Waals surface area (Å²) in [4.78, 5) is 37.3. The normalized spacial score (nSPS) is 24.1. The van der Waals surface area contributed by atoms with Gasteiger partial charge in [-0.15, -0.1) is 0 Å². The van der Waals surface area contributed by atoms with Gasteiger partial charge in [-0.25, -0.2) is 9.59 Å². The van der Waals surface area contributed by atoms with Gasteiger partial charge in [0, 0.05) is 49.9 Å². The van der Waals surface area contributed by atoms with E-state index in [1.165, 1.54) is 37.8 Å². The van der Waals surface area contributed by atoms with Crippen molar-refractivity contribution in [2.75, 3.05) is 24.5 Å². The Balaban J connectivity index is 0.000000323. The van der Waals surface area contributed by atoms with E-state index in [0.29, 0.717) is 30.4 Å². The summed E-state index contributed by atoms with van der Waals surface area (Å²) in [6.07, 6.45) is 10.4. The molecule has 4 aliphatic rings. The summed E-state index contributed by atoms with van der Waals surface area (Å²) in [6, 6.07) is 18.2. The number of aryl methyl sites for hydroxylation is 1. The van der Waals surface area contributed by atoms with Crippen molar-refractivity contribution >= 4 is 23.4 Å². The first kappa shape index (κ1) is 26.2. The highest BCUT2D eigenvalue weighted by Gasteiger charge is 2.50. The Labute approximate surface area is 223 Å². The van der Waals surface area contributed by atoms with Crippen molar-refractivity contribution < 1.29 is 24.6 Å². The third-order valence-electron chi connectivity index (χ3n) is 8.89. The molecular weight excluding hydrogens is 480 g/mol. The van der Waals surface area contributed by atoms with Gasteiger partial charge < -0.3 is 15.1 Å². The van der Waals surface area contributed by atoms with E-state index in [4.69, 9.17) is 10.2 Å². The zero-order valence-corrected chi connectivity index (χ0v) is 21.7. The van der Waals surface area contributed by atoms with Crippen molar-refractivity contribution in [2.45, 2.75) is 68.9 Å². The lowest BCUT2D eigenvalue weighted by Crippen LogP contribution is -2.56. The second-order valence-electron chi connectivity index (χ2n) is 10.8.